The number of para-hydroxylation sites is 2. The van der Waals surface area contributed by atoms with Gasteiger partial charge in [-0.15, -0.1) is 11.3 Å². The van der Waals surface area contributed by atoms with Crippen LogP contribution in [0.4, 0.5) is 34.1 Å². The van der Waals surface area contributed by atoms with Crippen LogP contribution >= 0.6 is 11.3 Å². The molecule has 4 heteroatoms. The van der Waals surface area contributed by atoms with Gasteiger partial charge in [0.25, 0.3) is 6.71 Å². The summed E-state index contributed by atoms with van der Waals surface area (Å²) in [6, 6.07) is 80.2. The molecule has 322 valence electrons. The summed E-state index contributed by atoms with van der Waals surface area (Å²) in [7, 11) is 0. The third-order valence-electron chi connectivity index (χ3n) is 15.3. The van der Waals surface area contributed by atoms with Crippen molar-refractivity contribution in [3.8, 4) is 44.5 Å². The summed E-state index contributed by atoms with van der Waals surface area (Å²) >= 11 is 2.05. The van der Waals surface area contributed by atoms with Crippen molar-refractivity contribution in [1.29, 1.82) is 0 Å². The van der Waals surface area contributed by atoms with E-state index in [0.29, 0.717) is 0 Å². The first-order valence-electron chi connectivity index (χ1n) is 24.0. The Morgan fingerprint density at radius 3 is 1.74 bits per heavy atom. The van der Waals surface area contributed by atoms with Gasteiger partial charge in [-0.3, -0.25) is 0 Å². The second-order valence-electron chi connectivity index (χ2n) is 20.0. The third-order valence-corrected chi connectivity index (χ3v) is 16.6. The van der Waals surface area contributed by atoms with E-state index in [1.807, 2.05) is 0 Å². The molecular formula is C64H47BN2S. The van der Waals surface area contributed by atoms with Crippen molar-refractivity contribution in [2.24, 2.45) is 0 Å². The third kappa shape index (κ3) is 5.35. The van der Waals surface area contributed by atoms with E-state index in [1.165, 1.54) is 121 Å². The number of fused-ring (bicyclic) bond motifs is 15. The van der Waals surface area contributed by atoms with Crippen LogP contribution < -0.4 is 25.5 Å². The first-order valence-corrected chi connectivity index (χ1v) is 24.8. The number of anilines is 6. The topological polar surface area (TPSA) is 6.48 Å². The average molecular weight is 887 g/mol. The highest BCUT2D eigenvalue weighted by Gasteiger charge is 2.56. The average Bonchev–Trinajstić information content (AvgIpc) is 4.00. The molecule has 68 heavy (non-hydrogen) atoms. The number of thiophene rings is 1. The smallest absolute Gasteiger partial charge is 0.264 e. The number of hydrogen-bond acceptors (Lipinski definition) is 3. The zero-order valence-electron chi connectivity index (χ0n) is 38.6. The van der Waals surface area contributed by atoms with Crippen LogP contribution in [0.25, 0.3) is 44.5 Å². The molecule has 14 rings (SSSR count). The maximum absolute atomic E-state index is 2.61. The summed E-state index contributed by atoms with van der Waals surface area (Å²) in [5.74, 6) is 0. The molecule has 0 radical (unpaired) electrons. The van der Waals surface area contributed by atoms with Crippen molar-refractivity contribution in [2.75, 3.05) is 9.80 Å². The molecule has 0 saturated carbocycles. The molecule has 2 aliphatic carbocycles. The lowest BCUT2D eigenvalue weighted by Gasteiger charge is -2.43. The van der Waals surface area contributed by atoms with Gasteiger partial charge >= 0.3 is 0 Å². The maximum Gasteiger partial charge on any atom is 0.264 e. The number of aryl methyl sites for hydroxylation is 1. The van der Waals surface area contributed by atoms with E-state index < -0.39 is 5.41 Å². The van der Waals surface area contributed by atoms with Gasteiger partial charge in [0.15, 0.2) is 0 Å². The van der Waals surface area contributed by atoms with Crippen molar-refractivity contribution in [3.63, 3.8) is 0 Å². The molecule has 0 saturated heterocycles. The van der Waals surface area contributed by atoms with E-state index >= 15 is 0 Å². The van der Waals surface area contributed by atoms with Crippen LogP contribution in [0.5, 0.6) is 0 Å². The van der Waals surface area contributed by atoms with E-state index in [9.17, 15) is 0 Å². The van der Waals surface area contributed by atoms with Crippen LogP contribution in [0.15, 0.2) is 212 Å². The minimum absolute atomic E-state index is 0.0110. The molecule has 9 aromatic carbocycles. The summed E-state index contributed by atoms with van der Waals surface area (Å²) in [6.07, 6.45) is 0. The normalized spacial score (nSPS) is 14.2. The molecular weight excluding hydrogens is 840 g/mol. The Balaban J connectivity index is 1.09. The first kappa shape index (κ1) is 39.5. The largest absolute Gasteiger partial charge is 0.311 e. The van der Waals surface area contributed by atoms with Gasteiger partial charge in [-0.05, 0) is 127 Å². The van der Waals surface area contributed by atoms with E-state index in [4.69, 9.17) is 0 Å². The van der Waals surface area contributed by atoms with Gasteiger partial charge < -0.3 is 9.80 Å². The highest BCUT2D eigenvalue weighted by Crippen LogP contribution is 2.67. The van der Waals surface area contributed by atoms with Crippen LogP contribution in [0.1, 0.15) is 53.5 Å². The molecule has 1 spiro atoms. The zero-order chi connectivity index (χ0) is 45.5. The lowest BCUT2D eigenvalue weighted by molar-refractivity contribution is 0.590. The van der Waals surface area contributed by atoms with E-state index in [0.717, 1.165) is 5.69 Å². The first-order chi connectivity index (χ1) is 33.3. The van der Waals surface area contributed by atoms with Gasteiger partial charge in [0, 0.05) is 43.7 Å². The fraction of sp³-hybridized carbons (Fsp3) is 0.0938. The number of benzene rings is 9. The molecule has 1 aromatic heterocycles. The van der Waals surface area contributed by atoms with Crippen molar-refractivity contribution in [2.45, 2.75) is 38.5 Å². The monoisotopic (exact) mass is 886 g/mol. The van der Waals surface area contributed by atoms with Gasteiger partial charge in [0.1, 0.15) is 0 Å². The van der Waals surface area contributed by atoms with Crippen molar-refractivity contribution < 1.29 is 0 Å². The Hall–Kier alpha value is -7.66. The summed E-state index contributed by atoms with van der Waals surface area (Å²) in [5, 5.41) is 0. The Labute approximate surface area is 403 Å². The van der Waals surface area contributed by atoms with E-state index in [1.54, 1.807) is 0 Å². The van der Waals surface area contributed by atoms with Gasteiger partial charge in [0.05, 0.1) is 11.1 Å². The Morgan fingerprint density at radius 2 is 1.06 bits per heavy atom. The Bertz CT molecular complexity index is 3650. The second-order valence-corrected chi connectivity index (χ2v) is 21.1. The molecule has 10 aromatic rings. The number of hydrogen-bond donors (Lipinski definition) is 0. The van der Waals surface area contributed by atoms with Gasteiger partial charge in [-0.1, -0.05) is 196 Å². The Morgan fingerprint density at radius 1 is 0.456 bits per heavy atom. The van der Waals surface area contributed by atoms with Crippen molar-refractivity contribution >= 4 is 67.9 Å². The molecule has 2 nitrogen and oxygen atoms in total. The molecule has 0 amide bonds. The molecule has 3 heterocycles. The summed E-state index contributed by atoms with van der Waals surface area (Å²) < 4.78 is 1.40. The van der Waals surface area contributed by atoms with E-state index in [-0.39, 0.29) is 12.1 Å². The quantitative estimate of drug-likeness (QED) is 0.163. The lowest BCUT2D eigenvalue weighted by Crippen LogP contribution is -2.60. The zero-order valence-corrected chi connectivity index (χ0v) is 39.4. The van der Waals surface area contributed by atoms with Crippen molar-refractivity contribution in [1.82, 2.24) is 0 Å². The summed E-state index contributed by atoms with van der Waals surface area (Å²) in [6.45, 7) is 9.19. The van der Waals surface area contributed by atoms with Crippen LogP contribution in [0.2, 0.25) is 0 Å². The van der Waals surface area contributed by atoms with Crippen LogP contribution in [0, 0.1) is 6.92 Å². The number of nitrogens with zero attached hydrogens (tertiary/aromatic N) is 2. The Kier molecular flexibility index (Phi) is 8.38. The van der Waals surface area contributed by atoms with Crippen LogP contribution in [-0.4, -0.2) is 6.71 Å². The predicted molar refractivity (Wildman–Crippen MR) is 289 cm³/mol. The molecule has 4 aliphatic rings. The highest BCUT2D eigenvalue weighted by atomic mass is 32.1. The molecule has 0 atom stereocenters. The predicted octanol–water partition coefficient (Wildman–Crippen LogP) is 15.1. The molecule has 0 unspecified atom stereocenters. The highest BCUT2D eigenvalue weighted by molar-refractivity contribution is 7.30. The van der Waals surface area contributed by atoms with Gasteiger partial charge in [-0.25, -0.2) is 0 Å². The summed E-state index contributed by atoms with van der Waals surface area (Å²) in [5.41, 5.74) is 26.6. The van der Waals surface area contributed by atoms with Crippen LogP contribution in [0.3, 0.4) is 0 Å². The summed E-state index contributed by atoms with van der Waals surface area (Å²) in [4.78, 5) is 6.58. The second kappa shape index (κ2) is 14.4. The maximum atomic E-state index is 2.61. The SMILES string of the molecule is Cc1ccc2c(c1)C1(c3ccccc3-c3ccccc31)c1sc3c(c1-2)N(c1ccccc1)c1cccc2c1B3c1ccc(-c3cc(C(C)(C)C)ccc3-c3ccccc3)cc1N2c1ccccc1. The fourth-order valence-corrected chi connectivity index (χ4v) is 14.0. The lowest BCUT2D eigenvalue weighted by atomic mass is 9.36. The number of rotatable bonds is 4. The fourth-order valence-electron chi connectivity index (χ4n) is 12.3. The minimum Gasteiger partial charge on any atom is -0.311 e. The van der Waals surface area contributed by atoms with Gasteiger partial charge in [0.2, 0.25) is 0 Å². The molecule has 0 N–H and O–H groups in total. The van der Waals surface area contributed by atoms with Gasteiger partial charge in [-0.2, -0.15) is 0 Å². The molecule has 0 bridgehead atoms. The van der Waals surface area contributed by atoms with E-state index in [2.05, 4.69) is 261 Å². The minimum atomic E-state index is -0.452. The molecule has 2 aliphatic heterocycles. The van der Waals surface area contributed by atoms with Crippen molar-refractivity contribution in [3.05, 3.63) is 245 Å². The molecule has 0 fully saturated rings. The standard InChI is InChI=1S/C64H47BN2S/c1-40-31-34-49-53(37-40)64(51-27-16-14-25-47(51)48-26-15-17-28-52(48)64)61-58(49)60-62(68-61)65-54-36-32-42(50-39-43(63(2,3)4)33-35-46(50)41-19-8-5-9-20-41)38-57(54)66(44-21-10-6-11-22-44)55-29-18-30-56(59(55)65)67(60)45-23-12-7-13-24-45/h5-39H,1-4H3. The van der Waals surface area contributed by atoms with Crippen LogP contribution in [-0.2, 0) is 10.8 Å².